The molecule has 0 heterocycles. The van der Waals surface area contributed by atoms with Crippen LogP contribution < -0.4 is 0 Å². The van der Waals surface area contributed by atoms with E-state index < -0.39 is 12.3 Å². The number of hydrogen-bond donors (Lipinski definition) is 0. The molecule has 0 aromatic rings. The Morgan fingerprint density at radius 3 is 2.28 bits per heavy atom. The largest absolute Gasteiger partial charge is 0.458 e. The Balaban J connectivity index is 2.63. The Morgan fingerprint density at radius 1 is 1.17 bits per heavy atom. The lowest BCUT2D eigenvalue weighted by Gasteiger charge is -2.37. The first kappa shape index (κ1) is 15.4. The van der Waals surface area contributed by atoms with Crippen LogP contribution in [0.25, 0.3) is 0 Å². The van der Waals surface area contributed by atoms with E-state index in [-0.39, 0.29) is 6.10 Å². The van der Waals surface area contributed by atoms with Crippen molar-refractivity contribution in [3.05, 3.63) is 0 Å². The van der Waals surface area contributed by atoms with Crippen LogP contribution in [0.4, 0.5) is 0 Å². The third-order valence-electron chi connectivity index (χ3n) is 3.85. The molecular weight excluding hydrogens is 232 g/mol. The van der Waals surface area contributed by atoms with Crippen molar-refractivity contribution >= 4 is 5.97 Å². The summed E-state index contributed by atoms with van der Waals surface area (Å²) in [6.07, 6.45) is 2.37. The fourth-order valence-corrected chi connectivity index (χ4v) is 2.74. The molecule has 4 heteroatoms. The highest BCUT2D eigenvalue weighted by atomic mass is 16.7. The topological polar surface area (TPSA) is 44.8 Å². The van der Waals surface area contributed by atoms with E-state index in [0.29, 0.717) is 17.8 Å². The molecule has 1 rings (SSSR count). The number of methoxy groups -OCH3 is 2. The summed E-state index contributed by atoms with van der Waals surface area (Å²) in [6, 6.07) is 0. The second kappa shape index (κ2) is 7.10. The van der Waals surface area contributed by atoms with Crippen LogP contribution in [0.15, 0.2) is 0 Å². The first-order chi connectivity index (χ1) is 8.49. The van der Waals surface area contributed by atoms with E-state index in [1.165, 1.54) is 20.6 Å². The number of carbonyl (C=O) groups is 1. The Hall–Kier alpha value is -0.610. The van der Waals surface area contributed by atoms with E-state index >= 15 is 0 Å². The first-order valence-corrected chi connectivity index (χ1v) is 6.75. The van der Waals surface area contributed by atoms with Gasteiger partial charge in [-0.15, -0.1) is 0 Å². The lowest BCUT2D eigenvalue weighted by Crippen LogP contribution is -2.39. The van der Waals surface area contributed by atoms with Crippen molar-refractivity contribution < 1.29 is 19.0 Å². The van der Waals surface area contributed by atoms with Crippen molar-refractivity contribution in [2.75, 3.05) is 14.2 Å². The Bertz CT molecular complexity index is 261. The van der Waals surface area contributed by atoms with Crippen LogP contribution in [0.2, 0.25) is 0 Å². The van der Waals surface area contributed by atoms with Gasteiger partial charge in [0.1, 0.15) is 6.10 Å². The molecule has 1 fully saturated rings. The van der Waals surface area contributed by atoms with Crippen molar-refractivity contribution in [3.8, 4) is 0 Å². The monoisotopic (exact) mass is 258 g/mol. The molecular formula is C14H26O4. The van der Waals surface area contributed by atoms with Gasteiger partial charge in [0.05, 0.1) is 0 Å². The Labute approximate surface area is 110 Å². The molecule has 3 atom stereocenters. The van der Waals surface area contributed by atoms with Gasteiger partial charge < -0.3 is 14.2 Å². The summed E-state index contributed by atoms with van der Waals surface area (Å²) in [6.45, 7) is 6.58. The predicted molar refractivity (Wildman–Crippen MR) is 69.0 cm³/mol. The SMILES string of the molecule is COC(OC)C(=O)O[C@@H]1C[C@@H](C)CC[C@@H]1C(C)C. The molecule has 0 aromatic heterocycles. The maximum atomic E-state index is 11.9. The van der Waals surface area contributed by atoms with Crippen molar-refractivity contribution in [1.29, 1.82) is 0 Å². The molecule has 0 unspecified atom stereocenters. The summed E-state index contributed by atoms with van der Waals surface area (Å²) >= 11 is 0. The van der Waals surface area contributed by atoms with E-state index in [1.54, 1.807) is 0 Å². The number of ether oxygens (including phenoxy) is 3. The van der Waals surface area contributed by atoms with Crippen LogP contribution in [-0.2, 0) is 19.0 Å². The van der Waals surface area contributed by atoms with Gasteiger partial charge in [-0.25, -0.2) is 4.79 Å². The minimum absolute atomic E-state index is 0.00551. The summed E-state index contributed by atoms with van der Waals surface area (Å²) in [5.41, 5.74) is 0. The highest BCUT2D eigenvalue weighted by molar-refractivity contribution is 5.73. The van der Waals surface area contributed by atoms with Crippen LogP contribution in [0, 0.1) is 17.8 Å². The fourth-order valence-electron chi connectivity index (χ4n) is 2.74. The lowest BCUT2D eigenvalue weighted by molar-refractivity contribution is -0.194. The standard InChI is InChI=1S/C14H26O4/c1-9(2)11-7-6-10(3)8-12(11)18-13(15)14(16-4)17-5/h9-12,14H,6-8H2,1-5H3/t10-,11+,12+/m0/s1. The molecule has 4 nitrogen and oxygen atoms in total. The quantitative estimate of drug-likeness (QED) is 0.561. The van der Waals surface area contributed by atoms with Crippen molar-refractivity contribution in [2.24, 2.45) is 17.8 Å². The second-order valence-electron chi connectivity index (χ2n) is 5.60. The third kappa shape index (κ3) is 3.95. The average Bonchev–Trinajstić information content (AvgIpc) is 2.30. The first-order valence-electron chi connectivity index (χ1n) is 6.75. The molecule has 18 heavy (non-hydrogen) atoms. The highest BCUT2D eigenvalue weighted by Crippen LogP contribution is 2.35. The molecule has 0 radical (unpaired) electrons. The number of rotatable bonds is 5. The van der Waals surface area contributed by atoms with Gasteiger partial charge in [-0.1, -0.05) is 27.2 Å². The molecule has 0 aliphatic heterocycles. The van der Waals surface area contributed by atoms with Crippen molar-refractivity contribution in [2.45, 2.75) is 52.4 Å². The molecule has 0 bridgehead atoms. The summed E-state index contributed by atoms with van der Waals surface area (Å²) < 4.78 is 15.4. The fraction of sp³-hybridized carbons (Fsp3) is 0.929. The van der Waals surface area contributed by atoms with Crippen LogP contribution >= 0.6 is 0 Å². The maximum Gasteiger partial charge on any atom is 0.363 e. The van der Waals surface area contributed by atoms with Gasteiger partial charge in [0.2, 0.25) is 0 Å². The van der Waals surface area contributed by atoms with Crippen LogP contribution in [0.5, 0.6) is 0 Å². The van der Waals surface area contributed by atoms with E-state index in [0.717, 1.165) is 12.8 Å². The van der Waals surface area contributed by atoms with E-state index in [2.05, 4.69) is 20.8 Å². The van der Waals surface area contributed by atoms with Gasteiger partial charge >= 0.3 is 5.97 Å². The van der Waals surface area contributed by atoms with Gasteiger partial charge in [-0.3, -0.25) is 0 Å². The summed E-state index contributed by atoms with van der Waals surface area (Å²) in [7, 11) is 2.89. The number of hydrogen-bond acceptors (Lipinski definition) is 4. The third-order valence-corrected chi connectivity index (χ3v) is 3.85. The minimum atomic E-state index is -0.907. The van der Waals surface area contributed by atoms with Gasteiger partial charge in [0.25, 0.3) is 6.29 Å². The van der Waals surface area contributed by atoms with Gasteiger partial charge in [0.15, 0.2) is 0 Å². The summed E-state index contributed by atoms with van der Waals surface area (Å²) in [5.74, 6) is 1.17. The van der Waals surface area contributed by atoms with E-state index in [1.807, 2.05) is 0 Å². The molecule has 0 aromatic carbocycles. The molecule has 0 saturated heterocycles. The molecule has 0 amide bonds. The lowest BCUT2D eigenvalue weighted by atomic mass is 9.75. The van der Waals surface area contributed by atoms with Crippen molar-refractivity contribution in [3.63, 3.8) is 0 Å². The maximum absolute atomic E-state index is 11.9. The zero-order valence-electron chi connectivity index (χ0n) is 12.1. The molecule has 0 spiro atoms. The highest BCUT2D eigenvalue weighted by Gasteiger charge is 2.35. The molecule has 1 aliphatic rings. The minimum Gasteiger partial charge on any atom is -0.458 e. The molecule has 1 aliphatic carbocycles. The molecule has 106 valence electrons. The smallest absolute Gasteiger partial charge is 0.363 e. The normalized spacial score (nSPS) is 28.7. The van der Waals surface area contributed by atoms with Crippen LogP contribution in [-0.4, -0.2) is 32.6 Å². The summed E-state index contributed by atoms with van der Waals surface area (Å²) in [4.78, 5) is 11.9. The van der Waals surface area contributed by atoms with Crippen LogP contribution in [0.3, 0.4) is 0 Å². The number of esters is 1. The Kier molecular flexibility index (Phi) is 6.09. The van der Waals surface area contributed by atoms with Gasteiger partial charge in [0, 0.05) is 14.2 Å². The second-order valence-corrected chi connectivity index (χ2v) is 5.60. The average molecular weight is 258 g/mol. The van der Waals surface area contributed by atoms with Crippen molar-refractivity contribution in [1.82, 2.24) is 0 Å². The Morgan fingerprint density at radius 2 is 1.78 bits per heavy atom. The van der Waals surface area contributed by atoms with Gasteiger partial charge in [-0.05, 0) is 30.6 Å². The van der Waals surface area contributed by atoms with Crippen LogP contribution in [0.1, 0.15) is 40.0 Å². The number of carbonyl (C=O) groups excluding carboxylic acids is 1. The summed E-state index contributed by atoms with van der Waals surface area (Å²) in [5, 5.41) is 0. The zero-order valence-corrected chi connectivity index (χ0v) is 12.1. The van der Waals surface area contributed by atoms with Gasteiger partial charge in [-0.2, -0.15) is 0 Å². The zero-order chi connectivity index (χ0) is 13.7. The predicted octanol–water partition coefficient (Wildman–Crippen LogP) is 2.61. The van der Waals surface area contributed by atoms with E-state index in [4.69, 9.17) is 14.2 Å². The molecule has 0 N–H and O–H groups in total. The molecule has 1 saturated carbocycles. The van der Waals surface area contributed by atoms with E-state index in [9.17, 15) is 4.79 Å².